The van der Waals surface area contributed by atoms with Crippen LogP contribution in [-0.2, 0) is 6.54 Å². The van der Waals surface area contributed by atoms with Gasteiger partial charge >= 0.3 is 0 Å². The van der Waals surface area contributed by atoms with Gasteiger partial charge in [-0.05, 0) is 38.5 Å². The normalized spacial score (nSPS) is 10.8. The summed E-state index contributed by atoms with van der Waals surface area (Å²) in [5, 5.41) is 4.38. The Kier molecular flexibility index (Phi) is 2.88. The minimum absolute atomic E-state index is 0.282. The summed E-state index contributed by atoms with van der Waals surface area (Å²) >= 11 is 0. The van der Waals surface area contributed by atoms with Crippen LogP contribution in [0.1, 0.15) is 22.5 Å². The second kappa shape index (κ2) is 4.20. The number of nitrogens with two attached hydrogens (primary N) is 1. The van der Waals surface area contributed by atoms with Crippen LogP contribution >= 0.6 is 0 Å². The van der Waals surface area contributed by atoms with Crippen molar-refractivity contribution in [1.29, 1.82) is 0 Å². The summed E-state index contributed by atoms with van der Waals surface area (Å²) in [6.45, 7) is 6.31. The minimum atomic E-state index is -0.282. The van der Waals surface area contributed by atoms with Crippen molar-refractivity contribution in [3.05, 3.63) is 46.5 Å². The number of hydrogen-bond acceptors (Lipinski definition) is 2. The molecule has 1 aromatic heterocycles. The quantitative estimate of drug-likeness (QED) is 0.810. The lowest BCUT2D eigenvalue weighted by atomic mass is 10.1. The molecule has 0 fully saturated rings. The van der Waals surface area contributed by atoms with Gasteiger partial charge < -0.3 is 5.73 Å². The molecule has 0 atom stereocenters. The van der Waals surface area contributed by atoms with Gasteiger partial charge in [-0.2, -0.15) is 5.10 Å². The Morgan fingerprint density at radius 2 is 2.00 bits per heavy atom. The van der Waals surface area contributed by atoms with Crippen molar-refractivity contribution in [3.8, 4) is 0 Å². The highest BCUT2D eigenvalue weighted by molar-refractivity contribution is 5.47. The van der Waals surface area contributed by atoms with Crippen LogP contribution in [0.25, 0.3) is 0 Å². The van der Waals surface area contributed by atoms with Gasteiger partial charge in [0.15, 0.2) is 0 Å². The molecule has 90 valence electrons. The molecular formula is C13H16FN3. The molecule has 0 radical (unpaired) electrons. The zero-order chi connectivity index (χ0) is 12.6. The first-order chi connectivity index (χ1) is 8.00. The molecule has 2 N–H and O–H groups in total. The molecule has 0 unspecified atom stereocenters. The Hall–Kier alpha value is -1.84. The molecule has 3 nitrogen and oxygen atoms in total. The Labute approximate surface area is 100 Å². The fourth-order valence-electron chi connectivity index (χ4n) is 1.83. The molecule has 0 saturated heterocycles. The lowest BCUT2D eigenvalue weighted by Gasteiger charge is -2.08. The zero-order valence-electron chi connectivity index (χ0n) is 10.3. The Morgan fingerprint density at radius 3 is 2.53 bits per heavy atom. The van der Waals surface area contributed by atoms with E-state index in [-0.39, 0.29) is 5.82 Å². The fraction of sp³-hybridized carbons (Fsp3) is 0.308. The Balaban J connectivity index is 2.41. The van der Waals surface area contributed by atoms with Crippen molar-refractivity contribution in [1.82, 2.24) is 9.78 Å². The van der Waals surface area contributed by atoms with E-state index in [4.69, 9.17) is 5.73 Å². The molecule has 0 amide bonds. The van der Waals surface area contributed by atoms with Crippen molar-refractivity contribution < 1.29 is 4.39 Å². The van der Waals surface area contributed by atoms with Gasteiger partial charge in [0, 0.05) is 16.9 Å². The standard InChI is InChI=1S/C13H16FN3/c1-8-9(2)16-17(10(8)3)7-11-12(14)5-4-6-13(11)15/h4-6H,7,15H2,1-3H3. The number of halogens is 1. The molecule has 0 aliphatic carbocycles. The van der Waals surface area contributed by atoms with E-state index < -0.39 is 0 Å². The summed E-state index contributed by atoms with van der Waals surface area (Å²) in [6.07, 6.45) is 0. The largest absolute Gasteiger partial charge is 0.398 e. The predicted molar refractivity (Wildman–Crippen MR) is 66.4 cm³/mol. The summed E-state index contributed by atoms with van der Waals surface area (Å²) in [5.74, 6) is -0.282. The van der Waals surface area contributed by atoms with E-state index in [2.05, 4.69) is 5.10 Å². The molecule has 0 bridgehead atoms. The first kappa shape index (κ1) is 11.6. The maximum Gasteiger partial charge on any atom is 0.130 e. The van der Waals surface area contributed by atoms with Gasteiger partial charge in [0.1, 0.15) is 5.82 Å². The van der Waals surface area contributed by atoms with Gasteiger partial charge in [-0.25, -0.2) is 4.39 Å². The molecule has 1 heterocycles. The van der Waals surface area contributed by atoms with Crippen LogP contribution in [0, 0.1) is 26.6 Å². The third-order valence-electron chi connectivity index (χ3n) is 3.21. The monoisotopic (exact) mass is 233 g/mol. The smallest absolute Gasteiger partial charge is 0.130 e. The van der Waals surface area contributed by atoms with Crippen LogP contribution in [0.5, 0.6) is 0 Å². The van der Waals surface area contributed by atoms with E-state index in [0.717, 1.165) is 17.0 Å². The molecule has 1 aromatic carbocycles. The number of hydrogen-bond donors (Lipinski definition) is 1. The Morgan fingerprint density at radius 1 is 1.29 bits per heavy atom. The number of nitrogens with zero attached hydrogens (tertiary/aromatic N) is 2. The maximum absolute atomic E-state index is 13.7. The minimum Gasteiger partial charge on any atom is -0.398 e. The summed E-state index contributed by atoms with van der Waals surface area (Å²) in [7, 11) is 0. The zero-order valence-corrected chi connectivity index (χ0v) is 10.3. The van der Waals surface area contributed by atoms with Gasteiger partial charge in [0.25, 0.3) is 0 Å². The number of nitrogen functional groups attached to an aromatic ring is 1. The van der Waals surface area contributed by atoms with Crippen LogP contribution in [0.3, 0.4) is 0 Å². The van der Waals surface area contributed by atoms with E-state index in [9.17, 15) is 4.39 Å². The molecule has 0 aliphatic rings. The van der Waals surface area contributed by atoms with Gasteiger partial charge in [-0.1, -0.05) is 6.07 Å². The summed E-state index contributed by atoms with van der Waals surface area (Å²) in [5.41, 5.74) is 9.90. The van der Waals surface area contributed by atoms with E-state index >= 15 is 0 Å². The molecule has 2 aromatic rings. The topological polar surface area (TPSA) is 43.8 Å². The Bertz CT molecular complexity index is 538. The maximum atomic E-state index is 13.7. The number of rotatable bonds is 2. The predicted octanol–water partition coefficient (Wildman–Crippen LogP) is 2.58. The van der Waals surface area contributed by atoms with E-state index in [1.807, 2.05) is 20.8 Å². The van der Waals surface area contributed by atoms with Crippen molar-refractivity contribution in [2.75, 3.05) is 5.73 Å². The lowest BCUT2D eigenvalue weighted by molar-refractivity contribution is 0.580. The summed E-state index contributed by atoms with van der Waals surface area (Å²) in [4.78, 5) is 0. The number of aromatic nitrogens is 2. The SMILES string of the molecule is Cc1nn(Cc2c(N)cccc2F)c(C)c1C. The van der Waals surface area contributed by atoms with Crippen LogP contribution in [0.15, 0.2) is 18.2 Å². The second-order valence-corrected chi connectivity index (χ2v) is 4.26. The molecule has 0 saturated carbocycles. The van der Waals surface area contributed by atoms with Crippen molar-refractivity contribution in [2.45, 2.75) is 27.3 Å². The lowest BCUT2D eigenvalue weighted by Crippen LogP contribution is -2.08. The van der Waals surface area contributed by atoms with Crippen molar-refractivity contribution in [3.63, 3.8) is 0 Å². The molecule has 0 spiro atoms. The summed E-state index contributed by atoms with van der Waals surface area (Å²) in [6, 6.07) is 4.74. The first-order valence-electron chi connectivity index (χ1n) is 5.54. The van der Waals surface area contributed by atoms with Gasteiger partial charge in [-0.3, -0.25) is 4.68 Å². The third-order valence-corrected chi connectivity index (χ3v) is 3.21. The van der Waals surface area contributed by atoms with Crippen LogP contribution < -0.4 is 5.73 Å². The fourth-order valence-corrected chi connectivity index (χ4v) is 1.83. The molecule has 0 aliphatic heterocycles. The van der Waals surface area contributed by atoms with Crippen LogP contribution in [0.4, 0.5) is 10.1 Å². The molecule has 17 heavy (non-hydrogen) atoms. The average molecular weight is 233 g/mol. The number of anilines is 1. The number of aryl methyl sites for hydroxylation is 1. The molecule has 2 rings (SSSR count). The van der Waals surface area contributed by atoms with Crippen molar-refractivity contribution in [2.24, 2.45) is 0 Å². The third kappa shape index (κ3) is 2.02. The van der Waals surface area contributed by atoms with Crippen LogP contribution in [0.2, 0.25) is 0 Å². The van der Waals surface area contributed by atoms with Crippen LogP contribution in [-0.4, -0.2) is 9.78 Å². The van der Waals surface area contributed by atoms with E-state index in [1.165, 1.54) is 6.07 Å². The van der Waals surface area contributed by atoms with E-state index in [0.29, 0.717) is 17.8 Å². The highest BCUT2D eigenvalue weighted by Gasteiger charge is 2.11. The molecular weight excluding hydrogens is 217 g/mol. The highest BCUT2D eigenvalue weighted by Crippen LogP contribution is 2.19. The summed E-state index contributed by atoms with van der Waals surface area (Å²) < 4.78 is 15.4. The molecule has 4 heteroatoms. The highest BCUT2D eigenvalue weighted by atomic mass is 19.1. The second-order valence-electron chi connectivity index (χ2n) is 4.26. The van der Waals surface area contributed by atoms with Crippen molar-refractivity contribution >= 4 is 5.69 Å². The first-order valence-corrected chi connectivity index (χ1v) is 5.54. The average Bonchev–Trinajstić information content (AvgIpc) is 2.52. The van der Waals surface area contributed by atoms with Gasteiger partial charge in [0.05, 0.1) is 12.2 Å². The van der Waals surface area contributed by atoms with Gasteiger partial charge in [-0.15, -0.1) is 0 Å². The van der Waals surface area contributed by atoms with E-state index in [1.54, 1.807) is 16.8 Å². The number of benzene rings is 1. The van der Waals surface area contributed by atoms with Gasteiger partial charge in [0.2, 0.25) is 0 Å².